The lowest BCUT2D eigenvalue weighted by Gasteiger charge is -2.07. The molecule has 0 unspecified atom stereocenters. The van der Waals surface area contributed by atoms with Crippen LogP contribution in [0.2, 0.25) is 0 Å². The quantitative estimate of drug-likeness (QED) is 0.674. The van der Waals surface area contributed by atoms with Crippen molar-refractivity contribution < 1.29 is 13.6 Å². The number of alkyl halides is 3. The summed E-state index contributed by atoms with van der Waals surface area (Å²) in [5.74, 6) is 0.0165. The highest BCUT2D eigenvalue weighted by Crippen LogP contribution is 2.24. The lowest BCUT2D eigenvalue weighted by molar-refractivity contribution is 0.110. The molecule has 0 fully saturated rings. The van der Waals surface area contributed by atoms with Crippen LogP contribution in [0.1, 0.15) is 28.0 Å². The molecule has 1 aromatic heterocycles. The Labute approximate surface area is 87.4 Å². The Morgan fingerprint density at radius 3 is 2.71 bits per heavy atom. The molecule has 0 aliphatic heterocycles. The van der Waals surface area contributed by atoms with Crippen LogP contribution in [-0.2, 0) is 5.33 Å². The van der Waals surface area contributed by atoms with Gasteiger partial charge in [-0.15, -0.1) is 0 Å². The minimum atomic E-state index is -2.79. The molecule has 1 rings (SSSR count). The van der Waals surface area contributed by atoms with Crippen LogP contribution < -0.4 is 5.73 Å². The number of nitrogens with two attached hydrogens (primary N) is 1. The summed E-state index contributed by atoms with van der Waals surface area (Å²) in [6.07, 6.45) is -2.44. The minimum absolute atomic E-state index is 0.0165. The average molecular weight is 265 g/mol. The molecule has 1 aromatic rings. The summed E-state index contributed by atoms with van der Waals surface area (Å²) in [5.41, 5.74) is 5.24. The van der Waals surface area contributed by atoms with E-state index in [1.54, 1.807) is 0 Å². The smallest absolute Gasteiger partial charge is 0.281 e. The number of hydrogen-bond acceptors (Lipinski definition) is 3. The highest BCUT2D eigenvalue weighted by molar-refractivity contribution is 9.08. The molecule has 0 aliphatic carbocycles. The number of hydrogen-bond donors (Lipinski definition) is 1. The number of carbonyl (C=O) groups is 1. The highest BCUT2D eigenvalue weighted by atomic mass is 79.9. The third-order valence-electron chi connectivity index (χ3n) is 1.67. The van der Waals surface area contributed by atoms with Gasteiger partial charge in [0.2, 0.25) is 0 Å². The lowest BCUT2D eigenvalue weighted by Crippen LogP contribution is -2.04. The largest absolute Gasteiger partial charge is 0.383 e. The minimum Gasteiger partial charge on any atom is -0.383 e. The third-order valence-corrected chi connectivity index (χ3v) is 2.28. The molecule has 0 aromatic carbocycles. The second kappa shape index (κ2) is 4.45. The summed E-state index contributed by atoms with van der Waals surface area (Å²) in [6, 6.07) is 1.31. The molecule has 6 heteroatoms. The Bertz CT molecular complexity index is 357. The van der Waals surface area contributed by atoms with Crippen molar-refractivity contribution in [2.24, 2.45) is 0 Å². The number of aldehydes is 1. The van der Waals surface area contributed by atoms with Gasteiger partial charge in [0.25, 0.3) is 6.43 Å². The van der Waals surface area contributed by atoms with Crippen LogP contribution in [-0.4, -0.2) is 11.3 Å². The van der Waals surface area contributed by atoms with E-state index in [-0.39, 0.29) is 11.4 Å². The van der Waals surface area contributed by atoms with Crippen LogP contribution in [0.25, 0.3) is 0 Å². The van der Waals surface area contributed by atoms with Gasteiger partial charge in [-0.3, -0.25) is 4.79 Å². The number of carbonyl (C=O) groups excluding carboxylic acids is 1. The van der Waals surface area contributed by atoms with Crippen LogP contribution >= 0.6 is 15.9 Å². The van der Waals surface area contributed by atoms with Crippen molar-refractivity contribution in [2.45, 2.75) is 11.8 Å². The predicted molar refractivity (Wildman–Crippen MR) is 51.6 cm³/mol. The maximum Gasteiger partial charge on any atom is 0.281 e. The van der Waals surface area contributed by atoms with Gasteiger partial charge in [0.15, 0.2) is 6.29 Å². The molecule has 2 N–H and O–H groups in total. The Morgan fingerprint density at radius 2 is 2.29 bits per heavy atom. The second-order valence-electron chi connectivity index (χ2n) is 2.56. The van der Waals surface area contributed by atoms with Gasteiger partial charge in [-0.05, 0) is 6.07 Å². The molecular formula is C8H7BrF2N2O. The first-order chi connectivity index (χ1) is 6.60. The van der Waals surface area contributed by atoms with Crippen LogP contribution in [0, 0.1) is 0 Å². The van der Waals surface area contributed by atoms with Gasteiger partial charge in [0.1, 0.15) is 11.5 Å². The number of anilines is 1. The number of nitrogens with zero attached hydrogens (tertiary/aromatic N) is 1. The topological polar surface area (TPSA) is 56.0 Å². The van der Waals surface area contributed by atoms with Crippen molar-refractivity contribution in [3.8, 4) is 0 Å². The average Bonchev–Trinajstić information content (AvgIpc) is 2.17. The SMILES string of the molecule is Nc1nc(C(F)F)c(C=O)cc1CBr. The molecule has 76 valence electrons. The first-order valence-corrected chi connectivity index (χ1v) is 4.81. The lowest BCUT2D eigenvalue weighted by atomic mass is 10.1. The molecule has 0 saturated heterocycles. The van der Waals surface area contributed by atoms with E-state index >= 15 is 0 Å². The molecule has 0 bridgehead atoms. The van der Waals surface area contributed by atoms with E-state index in [1.165, 1.54) is 6.07 Å². The highest BCUT2D eigenvalue weighted by Gasteiger charge is 2.16. The summed E-state index contributed by atoms with van der Waals surface area (Å²) in [5, 5.41) is 0.371. The standard InChI is InChI=1S/C8H7BrF2N2O/c9-2-4-1-5(3-14)6(7(10)11)13-8(4)12/h1,3,7H,2H2,(H2,12,13). The number of rotatable bonds is 3. The summed E-state index contributed by atoms with van der Waals surface area (Å²) in [7, 11) is 0. The first kappa shape index (κ1) is 11.0. The van der Waals surface area contributed by atoms with Gasteiger partial charge in [-0.25, -0.2) is 13.8 Å². The van der Waals surface area contributed by atoms with E-state index in [0.717, 1.165) is 0 Å². The van der Waals surface area contributed by atoms with Gasteiger partial charge < -0.3 is 5.73 Å². The zero-order chi connectivity index (χ0) is 10.7. The van der Waals surface area contributed by atoms with Gasteiger partial charge >= 0.3 is 0 Å². The van der Waals surface area contributed by atoms with E-state index in [9.17, 15) is 13.6 Å². The van der Waals surface area contributed by atoms with Crippen LogP contribution in [0.4, 0.5) is 14.6 Å². The Morgan fingerprint density at radius 1 is 1.64 bits per heavy atom. The summed E-state index contributed by atoms with van der Waals surface area (Å²) >= 11 is 3.11. The van der Waals surface area contributed by atoms with E-state index in [4.69, 9.17) is 5.73 Å². The molecular weight excluding hydrogens is 258 g/mol. The molecule has 1 heterocycles. The molecule has 0 atom stereocenters. The van der Waals surface area contributed by atoms with Crippen molar-refractivity contribution >= 4 is 28.0 Å². The molecule has 0 spiro atoms. The van der Waals surface area contributed by atoms with E-state index < -0.39 is 12.1 Å². The molecule has 0 aliphatic rings. The number of aromatic nitrogens is 1. The third kappa shape index (κ3) is 2.06. The number of nitrogen functional groups attached to an aromatic ring is 1. The maximum absolute atomic E-state index is 12.3. The van der Waals surface area contributed by atoms with E-state index in [1.807, 2.05) is 0 Å². The van der Waals surface area contributed by atoms with Gasteiger partial charge in [-0.2, -0.15) is 0 Å². The van der Waals surface area contributed by atoms with Gasteiger partial charge in [0.05, 0.1) is 0 Å². The van der Waals surface area contributed by atoms with Gasteiger partial charge in [0, 0.05) is 16.5 Å². The molecule has 0 amide bonds. The maximum atomic E-state index is 12.3. The Hall–Kier alpha value is -1.04. The fraction of sp³-hybridized carbons (Fsp3) is 0.250. The summed E-state index contributed by atoms with van der Waals surface area (Å²) in [6.45, 7) is 0. The predicted octanol–water partition coefficient (Wildman–Crippen LogP) is 2.31. The van der Waals surface area contributed by atoms with Crippen LogP contribution in [0.3, 0.4) is 0 Å². The monoisotopic (exact) mass is 264 g/mol. The van der Waals surface area contributed by atoms with Crippen molar-refractivity contribution in [1.82, 2.24) is 4.98 Å². The second-order valence-corrected chi connectivity index (χ2v) is 3.12. The van der Waals surface area contributed by atoms with Crippen LogP contribution in [0.5, 0.6) is 0 Å². The van der Waals surface area contributed by atoms with Crippen molar-refractivity contribution in [3.05, 3.63) is 22.9 Å². The molecule has 14 heavy (non-hydrogen) atoms. The summed E-state index contributed by atoms with van der Waals surface area (Å²) < 4.78 is 24.7. The first-order valence-electron chi connectivity index (χ1n) is 3.68. The van der Waals surface area contributed by atoms with Crippen molar-refractivity contribution in [1.29, 1.82) is 0 Å². The number of halogens is 3. The van der Waals surface area contributed by atoms with Crippen molar-refractivity contribution in [2.75, 3.05) is 5.73 Å². The van der Waals surface area contributed by atoms with E-state index in [0.29, 0.717) is 17.2 Å². The van der Waals surface area contributed by atoms with Crippen molar-refractivity contribution in [3.63, 3.8) is 0 Å². The zero-order valence-corrected chi connectivity index (χ0v) is 8.59. The Kier molecular flexibility index (Phi) is 3.51. The molecule has 0 radical (unpaired) electrons. The molecule has 3 nitrogen and oxygen atoms in total. The summed E-state index contributed by atoms with van der Waals surface area (Å²) in [4.78, 5) is 14.0. The zero-order valence-electron chi connectivity index (χ0n) is 7.01. The fourth-order valence-corrected chi connectivity index (χ4v) is 1.43. The van der Waals surface area contributed by atoms with E-state index in [2.05, 4.69) is 20.9 Å². The fourth-order valence-electron chi connectivity index (χ4n) is 0.978. The number of pyridine rings is 1. The normalized spacial score (nSPS) is 10.6. The van der Waals surface area contributed by atoms with Gasteiger partial charge in [-0.1, -0.05) is 15.9 Å². The van der Waals surface area contributed by atoms with Crippen LogP contribution in [0.15, 0.2) is 6.07 Å². The molecule has 0 saturated carbocycles. The Balaban J connectivity index is 3.31.